The average Bonchev–Trinajstić information content (AvgIpc) is 2.97. The van der Waals surface area contributed by atoms with Crippen molar-refractivity contribution in [1.82, 2.24) is 8.87 Å². The highest BCUT2D eigenvalue weighted by Gasteiger charge is 2.34. The molecule has 158 valence electrons. The molecule has 1 amide bonds. The third-order valence-corrected chi connectivity index (χ3v) is 7.17. The number of benzene rings is 1. The molecule has 3 rings (SSSR count). The van der Waals surface area contributed by atoms with Crippen molar-refractivity contribution in [2.75, 3.05) is 19.4 Å². The maximum absolute atomic E-state index is 12.9. The van der Waals surface area contributed by atoms with Gasteiger partial charge in [0.2, 0.25) is 10.0 Å². The third kappa shape index (κ3) is 5.06. The van der Waals surface area contributed by atoms with Gasteiger partial charge in [-0.1, -0.05) is 29.4 Å². The summed E-state index contributed by atoms with van der Waals surface area (Å²) in [5.74, 6) is -0.989. The maximum atomic E-state index is 12.9. The van der Waals surface area contributed by atoms with Crippen molar-refractivity contribution in [1.29, 1.82) is 0 Å². The van der Waals surface area contributed by atoms with Gasteiger partial charge < -0.3 is 9.30 Å². The molecule has 11 heteroatoms. The van der Waals surface area contributed by atoms with Gasteiger partial charge in [-0.05, 0) is 38.0 Å². The molecule has 1 aromatic carbocycles. The Kier molecular flexibility index (Phi) is 6.77. The normalized spacial score (nSPS) is 18.9. The van der Waals surface area contributed by atoms with Gasteiger partial charge in [-0.2, -0.15) is 9.30 Å². The lowest BCUT2D eigenvalue weighted by molar-refractivity contribution is -0.143. The summed E-state index contributed by atoms with van der Waals surface area (Å²) < 4.78 is 32.7. The Morgan fingerprint density at radius 3 is 2.79 bits per heavy atom. The molecule has 0 radical (unpaired) electrons. The Hall–Kier alpha value is -1.75. The van der Waals surface area contributed by atoms with Crippen LogP contribution in [-0.4, -0.2) is 54.6 Å². The first-order valence-corrected chi connectivity index (χ1v) is 12.2. The summed E-state index contributed by atoms with van der Waals surface area (Å²) in [5.41, 5.74) is 0.697. The molecule has 1 atom stereocenters. The van der Waals surface area contributed by atoms with E-state index in [0.717, 1.165) is 17.4 Å². The number of hydrogen-bond donors (Lipinski definition) is 0. The van der Waals surface area contributed by atoms with Crippen LogP contribution in [0.2, 0.25) is 5.02 Å². The Labute approximate surface area is 177 Å². The molecule has 2 heterocycles. The van der Waals surface area contributed by atoms with E-state index in [2.05, 4.69) is 4.99 Å². The lowest BCUT2D eigenvalue weighted by Crippen LogP contribution is -2.47. The molecular weight excluding hydrogens is 438 g/mol. The molecule has 2 aromatic rings. The minimum atomic E-state index is -3.52. The predicted octanol–water partition coefficient (Wildman–Crippen LogP) is 2.16. The standard InChI is InChI=1S/C18H22ClN3O5S2/c1-3-27-16(23)11-21-13-8-7-12(19)10-15(13)28-18(21)20-17(24)14-6-4-5-9-22(14)29(2,25)26/h7-8,10,14H,3-6,9,11H2,1-2H3. The molecule has 1 saturated heterocycles. The zero-order chi connectivity index (χ0) is 21.2. The van der Waals surface area contributed by atoms with E-state index < -0.39 is 27.9 Å². The first-order chi connectivity index (χ1) is 13.7. The number of carbonyl (C=O) groups excluding carboxylic acids is 2. The number of fused-ring (bicyclic) bond motifs is 1. The molecule has 1 aliphatic heterocycles. The van der Waals surface area contributed by atoms with Crippen molar-refractivity contribution in [3.8, 4) is 0 Å². The fraction of sp³-hybridized carbons (Fsp3) is 0.500. The molecule has 0 spiro atoms. The van der Waals surface area contributed by atoms with Crippen LogP contribution in [-0.2, 0) is 30.9 Å². The second kappa shape index (κ2) is 8.95. The van der Waals surface area contributed by atoms with Crippen LogP contribution in [0.25, 0.3) is 10.2 Å². The molecule has 0 saturated carbocycles. The van der Waals surface area contributed by atoms with Gasteiger partial charge >= 0.3 is 5.97 Å². The fourth-order valence-corrected chi connectivity index (χ4v) is 5.77. The van der Waals surface area contributed by atoms with Crippen molar-refractivity contribution in [3.63, 3.8) is 0 Å². The molecule has 8 nitrogen and oxygen atoms in total. The molecule has 0 bridgehead atoms. The van der Waals surface area contributed by atoms with Gasteiger partial charge in [0.1, 0.15) is 12.6 Å². The van der Waals surface area contributed by atoms with Crippen molar-refractivity contribution < 1.29 is 22.7 Å². The number of ether oxygens (including phenoxy) is 1. The highest BCUT2D eigenvalue weighted by atomic mass is 35.5. The highest BCUT2D eigenvalue weighted by molar-refractivity contribution is 7.88. The first kappa shape index (κ1) is 21.9. The van der Waals surface area contributed by atoms with Crippen LogP contribution in [0, 0.1) is 0 Å². The zero-order valence-corrected chi connectivity index (χ0v) is 18.5. The van der Waals surface area contributed by atoms with Crippen LogP contribution in [0.1, 0.15) is 26.2 Å². The molecule has 1 aliphatic rings. The lowest BCUT2D eigenvalue weighted by Gasteiger charge is -2.31. The largest absolute Gasteiger partial charge is 0.465 e. The Morgan fingerprint density at radius 1 is 1.34 bits per heavy atom. The minimum Gasteiger partial charge on any atom is -0.465 e. The molecule has 1 aromatic heterocycles. The van der Waals surface area contributed by atoms with E-state index in [1.165, 1.54) is 15.6 Å². The van der Waals surface area contributed by atoms with Gasteiger partial charge in [0, 0.05) is 11.6 Å². The van der Waals surface area contributed by atoms with Gasteiger partial charge in [0.05, 0.1) is 23.1 Å². The second-order valence-electron chi connectivity index (χ2n) is 6.72. The minimum absolute atomic E-state index is 0.109. The molecule has 29 heavy (non-hydrogen) atoms. The van der Waals surface area contributed by atoms with E-state index in [-0.39, 0.29) is 13.2 Å². The quantitative estimate of drug-likeness (QED) is 0.638. The monoisotopic (exact) mass is 459 g/mol. The van der Waals surface area contributed by atoms with Crippen LogP contribution in [0.15, 0.2) is 23.2 Å². The summed E-state index contributed by atoms with van der Waals surface area (Å²) in [7, 11) is -3.52. The number of carbonyl (C=O) groups is 2. The van der Waals surface area contributed by atoms with Crippen LogP contribution < -0.4 is 4.80 Å². The Balaban J connectivity index is 2.06. The fourth-order valence-electron chi connectivity index (χ4n) is 3.34. The number of amides is 1. The van der Waals surface area contributed by atoms with Crippen LogP contribution >= 0.6 is 22.9 Å². The van der Waals surface area contributed by atoms with Gasteiger partial charge in [-0.15, -0.1) is 0 Å². The van der Waals surface area contributed by atoms with Gasteiger partial charge in [0.25, 0.3) is 5.91 Å². The smallest absolute Gasteiger partial charge is 0.326 e. The number of thiazole rings is 1. The number of rotatable bonds is 5. The molecule has 1 unspecified atom stereocenters. The zero-order valence-electron chi connectivity index (χ0n) is 16.1. The van der Waals surface area contributed by atoms with Gasteiger partial charge in [0.15, 0.2) is 4.80 Å². The van der Waals surface area contributed by atoms with Crippen LogP contribution in [0.5, 0.6) is 0 Å². The van der Waals surface area contributed by atoms with Gasteiger partial charge in [-0.3, -0.25) is 9.59 Å². The van der Waals surface area contributed by atoms with Crippen molar-refractivity contribution in [2.45, 2.75) is 38.8 Å². The first-order valence-electron chi connectivity index (χ1n) is 9.20. The van der Waals surface area contributed by atoms with Crippen molar-refractivity contribution in [3.05, 3.63) is 28.0 Å². The summed E-state index contributed by atoms with van der Waals surface area (Å²) in [6, 6.07) is 4.34. The van der Waals surface area contributed by atoms with E-state index >= 15 is 0 Å². The second-order valence-corrected chi connectivity index (χ2v) is 10.1. The number of hydrogen-bond acceptors (Lipinski definition) is 6. The molecule has 0 N–H and O–H groups in total. The highest BCUT2D eigenvalue weighted by Crippen LogP contribution is 2.23. The van der Waals surface area contributed by atoms with Crippen molar-refractivity contribution in [2.24, 2.45) is 4.99 Å². The molecular formula is C18H22ClN3O5S2. The number of halogens is 1. The van der Waals surface area contributed by atoms with E-state index in [1.807, 2.05) is 0 Å². The summed E-state index contributed by atoms with van der Waals surface area (Å²) in [6.45, 7) is 2.15. The summed E-state index contributed by atoms with van der Waals surface area (Å²) in [4.78, 5) is 29.5. The topological polar surface area (TPSA) is 98.0 Å². The SMILES string of the molecule is CCOC(=O)Cn1c(=NC(=O)C2CCCCN2S(C)(=O)=O)sc2cc(Cl)ccc21. The van der Waals surface area contributed by atoms with E-state index in [4.69, 9.17) is 16.3 Å². The number of sulfonamides is 1. The summed E-state index contributed by atoms with van der Waals surface area (Å²) in [6.07, 6.45) is 2.98. The molecule has 0 aliphatic carbocycles. The van der Waals surface area contributed by atoms with E-state index in [9.17, 15) is 18.0 Å². The van der Waals surface area contributed by atoms with Crippen molar-refractivity contribution >= 4 is 55.1 Å². The Morgan fingerprint density at radius 2 is 2.10 bits per heavy atom. The van der Waals surface area contributed by atoms with Gasteiger partial charge in [-0.25, -0.2) is 8.42 Å². The van der Waals surface area contributed by atoms with Crippen LogP contribution in [0.4, 0.5) is 0 Å². The average molecular weight is 460 g/mol. The summed E-state index contributed by atoms with van der Waals surface area (Å²) >= 11 is 7.28. The van der Waals surface area contributed by atoms with Crippen LogP contribution in [0.3, 0.4) is 0 Å². The lowest BCUT2D eigenvalue weighted by atomic mass is 10.0. The maximum Gasteiger partial charge on any atom is 0.326 e. The summed E-state index contributed by atoms with van der Waals surface area (Å²) in [5, 5.41) is 0.524. The number of aromatic nitrogens is 1. The number of nitrogens with zero attached hydrogens (tertiary/aromatic N) is 3. The Bertz CT molecular complexity index is 1110. The number of esters is 1. The molecule has 1 fully saturated rings. The van der Waals surface area contributed by atoms with E-state index in [1.54, 1.807) is 29.7 Å². The van der Waals surface area contributed by atoms with E-state index in [0.29, 0.717) is 34.7 Å². The number of piperidine rings is 1. The predicted molar refractivity (Wildman–Crippen MR) is 111 cm³/mol. The third-order valence-electron chi connectivity index (χ3n) is 4.61.